The number of aliphatic carboxylic acids is 6. The Morgan fingerprint density at radius 2 is 0.542 bits per heavy atom. The second-order valence-corrected chi connectivity index (χ2v) is 11.7. The summed E-state index contributed by atoms with van der Waals surface area (Å²) in [4.78, 5) is 152. The van der Waals surface area contributed by atoms with Crippen molar-refractivity contribution in [2.24, 2.45) is 59.2 Å². The normalized spacial score (nSPS) is 17.4. The molecule has 6 N–H and O–H groups in total. The van der Waals surface area contributed by atoms with E-state index in [0.29, 0.717) is 27.7 Å². The Balaban J connectivity index is 9.02. The van der Waals surface area contributed by atoms with Crippen molar-refractivity contribution in [1.82, 2.24) is 0 Å². The first-order valence-corrected chi connectivity index (χ1v) is 14.2. The van der Waals surface area contributed by atoms with E-state index < -0.39 is 143 Å². The zero-order valence-corrected chi connectivity index (χ0v) is 26.8. The molecule has 18 nitrogen and oxygen atoms in total. The topological polar surface area (TPSA) is 326 Å². The Kier molecular flexibility index (Phi) is 15.8. The first kappa shape index (κ1) is 42.8. The van der Waals surface area contributed by atoms with E-state index in [1.165, 1.54) is 0 Å². The van der Waals surface area contributed by atoms with Crippen LogP contribution in [0.4, 0.5) is 0 Å². The second kappa shape index (κ2) is 17.7. The molecule has 266 valence electrons. The minimum absolute atomic E-state index is 0.608. The Morgan fingerprint density at radius 3 is 0.667 bits per heavy atom. The third-order valence-corrected chi connectivity index (χ3v) is 8.47. The average molecular weight is 687 g/mol. The van der Waals surface area contributed by atoms with Crippen molar-refractivity contribution in [1.29, 1.82) is 0 Å². The molecule has 0 bridgehead atoms. The predicted octanol–water partition coefficient (Wildman–Crippen LogP) is -0.0298. The Hall–Kier alpha value is -5.16. The molecule has 0 aromatic heterocycles. The van der Waals surface area contributed by atoms with Crippen LogP contribution in [-0.4, -0.2) is 101 Å². The number of ketones is 6. The number of carboxylic acid groups (broad SMARTS) is 6. The predicted molar refractivity (Wildman–Crippen MR) is 154 cm³/mol. The van der Waals surface area contributed by atoms with Gasteiger partial charge in [-0.15, -0.1) is 0 Å². The van der Waals surface area contributed by atoms with Gasteiger partial charge in [0.15, 0.2) is 0 Å². The highest BCUT2D eigenvalue weighted by Crippen LogP contribution is 2.49. The Bertz CT molecular complexity index is 1200. The largest absolute Gasteiger partial charge is 0.481 e. The van der Waals surface area contributed by atoms with Crippen LogP contribution in [-0.2, 0) is 57.5 Å². The number of carbonyl (C=O) groups is 12. The molecule has 0 aliphatic rings. The first-order valence-electron chi connectivity index (χ1n) is 14.2. The highest BCUT2D eigenvalue weighted by molar-refractivity contribution is 6.03. The van der Waals surface area contributed by atoms with Gasteiger partial charge in [0.2, 0.25) is 0 Å². The molecule has 0 saturated carbocycles. The molecule has 18 heteroatoms. The molecule has 0 fully saturated rings. The number of hydrogen-bond acceptors (Lipinski definition) is 12. The van der Waals surface area contributed by atoms with Gasteiger partial charge < -0.3 is 30.6 Å². The summed E-state index contributed by atoms with van der Waals surface area (Å²) in [6.07, 6.45) is -2.58. The Morgan fingerprint density at radius 1 is 0.333 bits per heavy atom. The molecule has 48 heavy (non-hydrogen) atoms. The maximum absolute atomic E-state index is 13.1. The number of Topliss-reactive ketones (excluding diaryl/α,β-unsaturated/α-hetero) is 6. The van der Waals surface area contributed by atoms with Crippen LogP contribution in [0, 0.1) is 59.2 Å². The number of rotatable bonds is 23. The summed E-state index contributed by atoms with van der Waals surface area (Å²) < 4.78 is 0. The van der Waals surface area contributed by atoms with Crippen LogP contribution in [0.3, 0.4) is 0 Å². The fourth-order valence-electron chi connectivity index (χ4n) is 6.50. The van der Waals surface area contributed by atoms with Gasteiger partial charge in [-0.3, -0.25) is 57.5 Å². The van der Waals surface area contributed by atoms with E-state index in [0.717, 1.165) is 13.8 Å². The number of hydrogen-bond donors (Lipinski definition) is 6. The third kappa shape index (κ3) is 10.4. The van der Waals surface area contributed by atoms with Crippen molar-refractivity contribution in [2.45, 2.75) is 54.4 Å². The van der Waals surface area contributed by atoms with E-state index in [2.05, 4.69) is 0 Å². The molecule has 0 aliphatic carbocycles. The highest BCUT2D eigenvalue weighted by atomic mass is 16.4. The molecule has 0 aromatic carbocycles. The quantitative estimate of drug-likeness (QED) is 0.0768. The van der Waals surface area contributed by atoms with Crippen LogP contribution in [0.25, 0.3) is 0 Å². The highest BCUT2D eigenvalue weighted by Gasteiger charge is 2.57. The van der Waals surface area contributed by atoms with Gasteiger partial charge in [-0.25, -0.2) is 0 Å². The van der Waals surface area contributed by atoms with Gasteiger partial charge in [0, 0.05) is 0 Å². The fourth-order valence-corrected chi connectivity index (χ4v) is 6.50. The van der Waals surface area contributed by atoms with E-state index in [1.54, 1.807) is 0 Å². The van der Waals surface area contributed by atoms with Gasteiger partial charge >= 0.3 is 35.8 Å². The van der Waals surface area contributed by atoms with Crippen LogP contribution in [0.1, 0.15) is 54.4 Å². The summed E-state index contributed by atoms with van der Waals surface area (Å²) in [6.45, 7) is 3.96. The molecule has 0 radical (unpaired) electrons. The van der Waals surface area contributed by atoms with Crippen molar-refractivity contribution in [3.05, 3.63) is 0 Å². The van der Waals surface area contributed by atoms with Gasteiger partial charge in [-0.2, -0.15) is 0 Å². The minimum Gasteiger partial charge on any atom is -0.481 e. The summed E-state index contributed by atoms with van der Waals surface area (Å²) in [7, 11) is 0. The molecule has 0 saturated heterocycles. The first-order chi connectivity index (χ1) is 21.8. The van der Waals surface area contributed by atoms with Gasteiger partial charge in [0.05, 0.1) is 0 Å². The van der Waals surface area contributed by atoms with E-state index in [9.17, 15) is 88.2 Å². The molecule has 0 amide bonds. The lowest BCUT2D eigenvalue weighted by Crippen LogP contribution is -2.54. The zero-order chi connectivity index (χ0) is 38.1. The van der Waals surface area contributed by atoms with Crippen molar-refractivity contribution in [2.75, 3.05) is 0 Å². The molecule has 0 aliphatic heterocycles. The third-order valence-electron chi connectivity index (χ3n) is 8.47. The molecule has 10 atom stereocenters. The maximum atomic E-state index is 13.1. The standard InChI is InChI=1S/C30H38O18/c1-9(31)15(25(37)38)7-17(19(11(3)33)27(41)42)23(21(13(5)35)29(45)46)24(22(14(6)36)30(47)48)18(20(12(4)34)28(43)44)8-16(10(2)32)26(39)40/h15-24H,7-8H2,1-6H3,(H,37,38)(H,39,40)(H,41,42)(H,43,44)(H,45,46)(H,47,48). The van der Waals surface area contributed by atoms with Crippen LogP contribution < -0.4 is 0 Å². The van der Waals surface area contributed by atoms with E-state index >= 15 is 0 Å². The molecule has 0 aromatic rings. The van der Waals surface area contributed by atoms with Gasteiger partial charge in [-0.1, -0.05) is 0 Å². The minimum atomic E-state index is -2.67. The molecule has 0 heterocycles. The summed E-state index contributed by atoms with van der Waals surface area (Å²) in [5.74, 6) is -45.0. The monoisotopic (exact) mass is 686 g/mol. The summed E-state index contributed by atoms with van der Waals surface area (Å²) >= 11 is 0. The van der Waals surface area contributed by atoms with E-state index in [1.807, 2.05) is 0 Å². The smallest absolute Gasteiger partial charge is 0.314 e. The summed E-state index contributed by atoms with van der Waals surface area (Å²) in [6, 6.07) is 0. The van der Waals surface area contributed by atoms with Crippen LogP contribution >= 0.6 is 0 Å². The van der Waals surface area contributed by atoms with Crippen molar-refractivity contribution >= 4 is 70.5 Å². The lowest BCUT2D eigenvalue weighted by atomic mass is 9.55. The molecule has 0 rings (SSSR count). The number of carboxylic acids is 6. The average Bonchev–Trinajstić information content (AvgIpc) is 2.87. The maximum Gasteiger partial charge on any atom is 0.314 e. The van der Waals surface area contributed by atoms with Crippen molar-refractivity contribution < 1.29 is 88.2 Å². The molecule has 10 unspecified atom stereocenters. The van der Waals surface area contributed by atoms with Crippen LogP contribution in [0.5, 0.6) is 0 Å². The summed E-state index contributed by atoms with van der Waals surface area (Å²) in [5.41, 5.74) is 0. The SMILES string of the molecule is CC(=O)C(CC(C(C(C)=O)C(=O)O)C(C(C(C)=O)C(=O)O)C(C(C(C)=O)C(=O)O)C(CC(C(C)=O)C(=O)O)C(C(C)=O)C(=O)O)C(=O)O. The van der Waals surface area contributed by atoms with Gasteiger partial charge in [0.1, 0.15) is 70.2 Å². The molecular formula is C30H38O18. The van der Waals surface area contributed by atoms with Crippen LogP contribution in [0.2, 0.25) is 0 Å². The summed E-state index contributed by atoms with van der Waals surface area (Å²) in [5, 5.41) is 60.4. The number of carbonyl (C=O) groups excluding carboxylic acids is 6. The second-order valence-electron chi connectivity index (χ2n) is 11.7. The van der Waals surface area contributed by atoms with Crippen LogP contribution in [0.15, 0.2) is 0 Å². The molecule has 0 spiro atoms. The van der Waals surface area contributed by atoms with E-state index in [4.69, 9.17) is 0 Å². The van der Waals surface area contributed by atoms with Gasteiger partial charge in [0.25, 0.3) is 0 Å². The fraction of sp³-hybridized carbons (Fsp3) is 0.600. The van der Waals surface area contributed by atoms with Crippen molar-refractivity contribution in [3.63, 3.8) is 0 Å². The molecular weight excluding hydrogens is 648 g/mol. The van der Waals surface area contributed by atoms with Crippen molar-refractivity contribution in [3.8, 4) is 0 Å². The van der Waals surface area contributed by atoms with E-state index in [-0.39, 0.29) is 0 Å². The zero-order valence-electron chi connectivity index (χ0n) is 26.8. The Labute approximate surface area is 272 Å². The lowest BCUT2D eigenvalue weighted by Gasteiger charge is -2.45. The van der Waals surface area contributed by atoms with Gasteiger partial charge in [-0.05, 0) is 78.1 Å². The lowest BCUT2D eigenvalue weighted by molar-refractivity contribution is -0.169.